The van der Waals surface area contributed by atoms with Gasteiger partial charge in [-0.2, -0.15) is 0 Å². The van der Waals surface area contributed by atoms with Crippen LogP contribution in [0.1, 0.15) is 29.7 Å². The highest BCUT2D eigenvalue weighted by Crippen LogP contribution is 2.29. The van der Waals surface area contributed by atoms with E-state index >= 15 is 0 Å². The first-order valence-corrected chi connectivity index (χ1v) is 8.52. The van der Waals surface area contributed by atoms with Gasteiger partial charge >= 0.3 is 0 Å². The summed E-state index contributed by atoms with van der Waals surface area (Å²) in [7, 11) is 0. The topological polar surface area (TPSA) is 24.9 Å². The Labute approximate surface area is 136 Å². The fourth-order valence-corrected chi connectivity index (χ4v) is 3.61. The summed E-state index contributed by atoms with van der Waals surface area (Å²) in [5.41, 5.74) is 3.97. The fraction of sp³-hybridized carbons (Fsp3) is 0.353. The van der Waals surface area contributed by atoms with E-state index in [1.54, 1.807) is 18.0 Å². The summed E-state index contributed by atoms with van der Waals surface area (Å²) >= 11 is 7.88. The van der Waals surface area contributed by atoms with Gasteiger partial charge in [-0.15, -0.1) is 11.8 Å². The number of hydrogen-bond acceptors (Lipinski definition) is 3. The van der Waals surface area contributed by atoms with Crippen molar-refractivity contribution >= 4 is 23.4 Å². The van der Waals surface area contributed by atoms with Gasteiger partial charge in [-0.25, -0.2) is 4.98 Å². The van der Waals surface area contributed by atoms with E-state index in [1.165, 1.54) is 16.7 Å². The largest absolute Gasteiger partial charge is 0.309 e. The van der Waals surface area contributed by atoms with Gasteiger partial charge in [0.2, 0.25) is 0 Å². The number of nitrogens with zero attached hydrogens (tertiary/aromatic N) is 1. The predicted molar refractivity (Wildman–Crippen MR) is 92.3 cm³/mol. The second-order valence-corrected chi connectivity index (χ2v) is 6.49. The summed E-state index contributed by atoms with van der Waals surface area (Å²) in [4.78, 5) is 4.34. The van der Waals surface area contributed by atoms with E-state index in [-0.39, 0.29) is 0 Å². The van der Waals surface area contributed by atoms with Gasteiger partial charge in [0.15, 0.2) is 0 Å². The minimum Gasteiger partial charge on any atom is -0.309 e. The summed E-state index contributed by atoms with van der Waals surface area (Å²) in [5, 5.41) is 5.17. The molecule has 0 aliphatic heterocycles. The molecular formula is C17H21ClN2S. The molecule has 1 atom stereocenters. The van der Waals surface area contributed by atoms with E-state index in [0.717, 1.165) is 22.3 Å². The first kappa shape index (κ1) is 16.3. The lowest BCUT2D eigenvalue weighted by Crippen LogP contribution is -2.23. The third kappa shape index (κ3) is 4.47. The number of rotatable bonds is 6. The van der Waals surface area contributed by atoms with Crippen LogP contribution < -0.4 is 5.32 Å². The Bertz CT molecular complexity index is 601. The normalized spacial score (nSPS) is 12.4. The molecule has 1 aromatic carbocycles. The average Bonchev–Trinajstić information content (AvgIpc) is 2.45. The standard InChI is InChI=1S/C17H21ClN2S/c1-4-19-16(14-8-7-12(2)10-13(14)3)11-21-17-15(18)6-5-9-20-17/h5-10,16,19H,4,11H2,1-3H3. The van der Waals surface area contributed by atoms with Crippen LogP contribution in [0.4, 0.5) is 0 Å². The van der Waals surface area contributed by atoms with Crippen LogP contribution in [0.5, 0.6) is 0 Å². The van der Waals surface area contributed by atoms with Crippen molar-refractivity contribution in [2.45, 2.75) is 31.8 Å². The molecule has 0 spiro atoms. The van der Waals surface area contributed by atoms with Crippen LogP contribution in [0.2, 0.25) is 5.02 Å². The number of pyridine rings is 1. The molecule has 0 aliphatic rings. The van der Waals surface area contributed by atoms with Gasteiger partial charge in [-0.3, -0.25) is 0 Å². The van der Waals surface area contributed by atoms with E-state index in [1.807, 2.05) is 12.1 Å². The molecule has 2 nitrogen and oxygen atoms in total. The quantitative estimate of drug-likeness (QED) is 0.774. The van der Waals surface area contributed by atoms with Crippen LogP contribution in [-0.2, 0) is 0 Å². The summed E-state index contributed by atoms with van der Waals surface area (Å²) < 4.78 is 0. The lowest BCUT2D eigenvalue weighted by molar-refractivity contribution is 0.603. The second kappa shape index (κ2) is 7.83. The molecule has 4 heteroatoms. The number of nitrogens with one attached hydrogen (secondary N) is 1. The lowest BCUT2D eigenvalue weighted by atomic mass is 10.0. The molecule has 21 heavy (non-hydrogen) atoms. The molecule has 0 fully saturated rings. The Balaban J connectivity index is 2.14. The Morgan fingerprint density at radius 1 is 1.29 bits per heavy atom. The second-order valence-electron chi connectivity index (χ2n) is 5.07. The number of aromatic nitrogens is 1. The Morgan fingerprint density at radius 2 is 2.10 bits per heavy atom. The van der Waals surface area contributed by atoms with Crippen molar-refractivity contribution in [1.29, 1.82) is 0 Å². The van der Waals surface area contributed by atoms with Crippen molar-refractivity contribution in [2.24, 2.45) is 0 Å². The highest BCUT2D eigenvalue weighted by molar-refractivity contribution is 7.99. The first-order chi connectivity index (χ1) is 10.1. The van der Waals surface area contributed by atoms with E-state index in [4.69, 9.17) is 11.6 Å². The van der Waals surface area contributed by atoms with Crippen LogP contribution in [-0.4, -0.2) is 17.3 Å². The van der Waals surface area contributed by atoms with Crippen molar-refractivity contribution in [3.63, 3.8) is 0 Å². The molecule has 0 saturated heterocycles. The molecule has 0 amide bonds. The summed E-state index contributed by atoms with van der Waals surface area (Å²) in [6, 6.07) is 10.7. The molecule has 0 bridgehead atoms. The molecule has 1 heterocycles. The van der Waals surface area contributed by atoms with Crippen molar-refractivity contribution in [3.05, 3.63) is 58.2 Å². The Morgan fingerprint density at radius 3 is 2.76 bits per heavy atom. The molecule has 1 N–H and O–H groups in total. The van der Waals surface area contributed by atoms with Crippen LogP contribution in [0, 0.1) is 13.8 Å². The fourth-order valence-electron chi connectivity index (χ4n) is 2.36. The summed E-state index contributed by atoms with van der Waals surface area (Å²) in [5.74, 6) is 0.911. The minimum atomic E-state index is 0.304. The van der Waals surface area contributed by atoms with Crippen molar-refractivity contribution in [3.8, 4) is 0 Å². The third-order valence-corrected chi connectivity index (χ3v) is 4.88. The molecule has 0 saturated carbocycles. The zero-order valence-corrected chi connectivity index (χ0v) is 14.3. The number of thioether (sulfide) groups is 1. The van der Waals surface area contributed by atoms with E-state index in [2.05, 4.69) is 49.3 Å². The minimum absolute atomic E-state index is 0.304. The van der Waals surface area contributed by atoms with Crippen LogP contribution in [0.3, 0.4) is 0 Å². The van der Waals surface area contributed by atoms with Gasteiger partial charge < -0.3 is 5.32 Å². The Kier molecular flexibility index (Phi) is 6.09. The van der Waals surface area contributed by atoms with Crippen molar-refractivity contribution in [2.75, 3.05) is 12.3 Å². The van der Waals surface area contributed by atoms with E-state index < -0.39 is 0 Å². The molecule has 0 aliphatic carbocycles. The zero-order valence-electron chi connectivity index (χ0n) is 12.7. The molecule has 0 radical (unpaired) electrons. The maximum atomic E-state index is 6.18. The smallest absolute Gasteiger partial charge is 0.115 e. The van der Waals surface area contributed by atoms with Crippen LogP contribution in [0.15, 0.2) is 41.6 Å². The van der Waals surface area contributed by atoms with Gasteiger partial charge in [0.1, 0.15) is 5.03 Å². The van der Waals surface area contributed by atoms with Gasteiger partial charge in [-0.1, -0.05) is 42.3 Å². The van der Waals surface area contributed by atoms with Gasteiger partial charge in [-0.05, 0) is 43.7 Å². The third-order valence-electron chi connectivity index (χ3n) is 3.36. The lowest BCUT2D eigenvalue weighted by Gasteiger charge is -2.20. The molecular weight excluding hydrogens is 300 g/mol. The Hall–Kier alpha value is -1.03. The van der Waals surface area contributed by atoms with E-state index in [0.29, 0.717) is 6.04 Å². The number of halogens is 1. The maximum absolute atomic E-state index is 6.18. The predicted octanol–water partition coefficient (Wildman–Crippen LogP) is 4.79. The monoisotopic (exact) mass is 320 g/mol. The van der Waals surface area contributed by atoms with Crippen molar-refractivity contribution in [1.82, 2.24) is 10.3 Å². The van der Waals surface area contributed by atoms with Crippen LogP contribution >= 0.6 is 23.4 Å². The van der Waals surface area contributed by atoms with Gasteiger partial charge in [0, 0.05) is 18.0 Å². The molecule has 1 aromatic heterocycles. The molecule has 112 valence electrons. The van der Waals surface area contributed by atoms with E-state index in [9.17, 15) is 0 Å². The van der Waals surface area contributed by atoms with Gasteiger partial charge in [0.05, 0.1) is 5.02 Å². The number of benzene rings is 1. The van der Waals surface area contributed by atoms with Gasteiger partial charge in [0.25, 0.3) is 0 Å². The number of hydrogen-bond donors (Lipinski definition) is 1. The SMILES string of the molecule is CCNC(CSc1ncccc1Cl)c1ccc(C)cc1C. The maximum Gasteiger partial charge on any atom is 0.115 e. The number of aryl methyl sites for hydroxylation is 2. The summed E-state index contributed by atoms with van der Waals surface area (Å²) in [6.07, 6.45) is 1.79. The first-order valence-electron chi connectivity index (χ1n) is 7.15. The summed E-state index contributed by atoms with van der Waals surface area (Å²) in [6.45, 7) is 7.37. The zero-order chi connectivity index (χ0) is 15.2. The highest BCUT2D eigenvalue weighted by Gasteiger charge is 2.14. The van der Waals surface area contributed by atoms with Crippen molar-refractivity contribution < 1.29 is 0 Å². The molecule has 2 aromatic rings. The molecule has 2 rings (SSSR count). The highest BCUT2D eigenvalue weighted by atomic mass is 35.5. The molecule has 1 unspecified atom stereocenters. The van der Waals surface area contributed by atoms with Crippen LogP contribution in [0.25, 0.3) is 0 Å². The average molecular weight is 321 g/mol.